The Labute approximate surface area is 122 Å². The van der Waals surface area contributed by atoms with Crippen molar-refractivity contribution in [2.45, 2.75) is 37.5 Å². The van der Waals surface area contributed by atoms with Crippen molar-refractivity contribution >= 4 is 11.6 Å². The summed E-state index contributed by atoms with van der Waals surface area (Å²) in [6, 6.07) is 5.94. The third-order valence-electron chi connectivity index (χ3n) is 4.00. The van der Waals surface area contributed by atoms with Crippen molar-refractivity contribution < 1.29 is 9.84 Å². The predicted molar refractivity (Wildman–Crippen MR) is 74.9 cm³/mol. The molecule has 4 nitrogen and oxygen atoms in total. The zero-order chi connectivity index (χ0) is 13.7. The Balaban J connectivity index is 1.68. The molecule has 104 valence electrons. The molecule has 1 aliphatic carbocycles. The summed E-state index contributed by atoms with van der Waals surface area (Å²) in [5.74, 6) is 0.710. The molecule has 4 rings (SSSR count). The molecule has 2 atom stereocenters. The number of fused-ring (bicyclic) bond motifs is 1. The minimum Gasteiger partial charge on any atom is -0.484 e. The van der Waals surface area contributed by atoms with Gasteiger partial charge in [-0.05, 0) is 31.0 Å². The summed E-state index contributed by atoms with van der Waals surface area (Å²) < 4.78 is 8.22. The number of ether oxygens (including phenoxy) is 1. The third kappa shape index (κ3) is 2.00. The molecule has 0 radical (unpaired) electrons. The van der Waals surface area contributed by atoms with Crippen LogP contribution in [0.25, 0.3) is 0 Å². The van der Waals surface area contributed by atoms with Crippen molar-refractivity contribution in [3.8, 4) is 5.75 Å². The molecule has 1 aromatic carbocycles. The van der Waals surface area contributed by atoms with E-state index in [1.807, 2.05) is 18.6 Å². The van der Waals surface area contributed by atoms with E-state index in [1.54, 1.807) is 12.1 Å². The number of rotatable bonds is 2. The predicted octanol–water partition coefficient (Wildman–Crippen LogP) is 3.43. The van der Waals surface area contributed by atoms with Gasteiger partial charge in [-0.1, -0.05) is 11.6 Å². The van der Waals surface area contributed by atoms with E-state index in [9.17, 15) is 5.11 Å². The highest BCUT2D eigenvalue weighted by Crippen LogP contribution is 2.44. The van der Waals surface area contributed by atoms with E-state index < -0.39 is 6.10 Å². The van der Waals surface area contributed by atoms with Crippen molar-refractivity contribution in [3.63, 3.8) is 0 Å². The van der Waals surface area contributed by atoms with Crippen LogP contribution in [0.5, 0.6) is 5.75 Å². The summed E-state index contributed by atoms with van der Waals surface area (Å²) in [4.78, 5) is 4.23. The van der Waals surface area contributed by atoms with E-state index in [4.69, 9.17) is 16.3 Å². The second-order valence-corrected chi connectivity index (χ2v) is 5.93. The highest BCUT2D eigenvalue weighted by molar-refractivity contribution is 6.30. The molecule has 1 saturated carbocycles. The molecule has 1 aliphatic heterocycles. The molecule has 2 unspecified atom stereocenters. The maximum absolute atomic E-state index is 10.3. The maximum Gasteiger partial charge on any atom is 0.143 e. The Morgan fingerprint density at radius 3 is 3.00 bits per heavy atom. The first-order valence-electron chi connectivity index (χ1n) is 6.88. The molecule has 2 aliphatic rings. The number of aliphatic hydroxyl groups excluding tert-OH is 1. The lowest BCUT2D eigenvalue weighted by atomic mass is 9.97. The van der Waals surface area contributed by atoms with Crippen molar-refractivity contribution in [1.29, 1.82) is 0 Å². The monoisotopic (exact) mass is 290 g/mol. The fourth-order valence-electron chi connectivity index (χ4n) is 2.82. The summed E-state index contributed by atoms with van der Waals surface area (Å²) >= 11 is 5.97. The zero-order valence-corrected chi connectivity index (χ0v) is 11.6. The Kier molecular flexibility index (Phi) is 2.75. The summed E-state index contributed by atoms with van der Waals surface area (Å²) in [6.07, 6.45) is 5.93. The molecule has 20 heavy (non-hydrogen) atoms. The number of imidazole rings is 1. The lowest BCUT2D eigenvalue weighted by Crippen LogP contribution is -2.21. The second-order valence-electron chi connectivity index (χ2n) is 5.50. The van der Waals surface area contributed by atoms with Gasteiger partial charge in [0.05, 0.1) is 24.3 Å². The number of hydrogen-bond acceptors (Lipinski definition) is 3. The smallest absolute Gasteiger partial charge is 0.143 e. The second kappa shape index (κ2) is 4.50. The Morgan fingerprint density at radius 2 is 2.20 bits per heavy atom. The van der Waals surface area contributed by atoms with Crippen LogP contribution >= 0.6 is 11.6 Å². The van der Waals surface area contributed by atoms with Gasteiger partial charge in [0, 0.05) is 23.0 Å². The molecule has 5 heteroatoms. The standard InChI is InChI=1S/C15H15ClN2O2/c16-9-1-4-14-11(5-9)13(19)6-15(20-14)12-7-17-8-18(12)10-2-3-10/h1,4-5,7-8,10,13,15,19H,2-3,6H2. The molecular weight excluding hydrogens is 276 g/mol. The number of aromatic nitrogens is 2. The first-order chi connectivity index (χ1) is 9.72. The van der Waals surface area contributed by atoms with Gasteiger partial charge < -0.3 is 14.4 Å². The van der Waals surface area contributed by atoms with Crippen LogP contribution in [-0.2, 0) is 0 Å². The van der Waals surface area contributed by atoms with E-state index in [2.05, 4.69) is 9.55 Å². The average Bonchev–Trinajstić information content (AvgIpc) is 3.17. The van der Waals surface area contributed by atoms with Crippen molar-refractivity contribution in [2.24, 2.45) is 0 Å². The Bertz CT molecular complexity index is 651. The maximum atomic E-state index is 10.3. The van der Waals surface area contributed by atoms with Gasteiger partial charge in [-0.2, -0.15) is 0 Å². The van der Waals surface area contributed by atoms with Crippen LogP contribution in [0.3, 0.4) is 0 Å². The van der Waals surface area contributed by atoms with Crippen LogP contribution in [0.2, 0.25) is 5.02 Å². The van der Waals surface area contributed by atoms with Gasteiger partial charge in [-0.3, -0.25) is 0 Å². The largest absolute Gasteiger partial charge is 0.484 e. The van der Waals surface area contributed by atoms with Gasteiger partial charge in [0.15, 0.2) is 0 Å². The highest BCUT2D eigenvalue weighted by Gasteiger charge is 2.33. The zero-order valence-electron chi connectivity index (χ0n) is 10.9. The number of nitrogens with zero attached hydrogens (tertiary/aromatic N) is 2. The first kappa shape index (κ1) is 12.2. The van der Waals surface area contributed by atoms with E-state index in [-0.39, 0.29) is 6.10 Å². The quantitative estimate of drug-likeness (QED) is 0.922. The number of aliphatic hydroxyl groups is 1. The van der Waals surface area contributed by atoms with Gasteiger partial charge in [0.25, 0.3) is 0 Å². The van der Waals surface area contributed by atoms with E-state index >= 15 is 0 Å². The highest BCUT2D eigenvalue weighted by atomic mass is 35.5. The molecule has 2 aromatic rings. The number of halogens is 1. The lowest BCUT2D eigenvalue weighted by molar-refractivity contribution is 0.0618. The number of hydrogen-bond donors (Lipinski definition) is 1. The van der Waals surface area contributed by atoms with Crippen LogP contribution in [0.15, 0.2) is 30.7 Å². The average molecular weight is 291 g/mol. The SMILES string of the molecule is OC1CC(c2cncn2C2CC2)Oc2ccc(Cl)cc21. The molecular formula is C15H15ClN2O2. The normalized spacial score (nSPS) is 25.1. The van der Waals surface area contributed by atoms with Gasteiger partial charge in [-0.15, -0.1) is 0 Å². The molecule has 1 N–H and O–H groups in total. The summed E-state index contributed by atoms with van der Waals surface area (Å²) in [5.41, 5.74) is 1.82. The van der Waals surface area contributed by atoms with Crippen molar-refractivity contribution in [2.75, 3.05) is 0 Å². The molecule has 2 heterocycles. The van der Waals surface area contributed by atoms with E-state index in [0.717, 1.165) is 11.3 Å². The topological polar surface area (TPSA) is 47.3 Å². The molecule has 0 saturated heterocycles. The van der Waals surface area contributed by atoms with Crippen LogP contribution in [0, 0.1) is 0 Å². The fourth-order valence-corrected chi connectivity index (χ4v) is 3.00. The van der Waals surface area contributed by atoms with Gasteiger partial charge in [0.1, 0.15) is 11.9 Å². The molecule has 1 fully saturated rings. The first-order valence-corrected chi connectivity index (χ1v) is 7.26. The molecule has 0 spiro atoms. The van der Waals surface area contributed by atoms with Crippen LogP contribution in [0.1, 0.15) is 48.8 Å². The minimum absolute atomic E-state index is 0.151. The van der Waals surface area contributed by atoms with Crippen LogP contribution in [-0.4, -0.2) is 14.7 Å². The van der Waals surface area contributed by atoms with Gasteiger partial charge in [0.2, 0.25) is 0 Å². The van der Waals surface area contributed by atoms with Crippen molar-refractivity contribution in [3.05, 3.63) is 47.0 Å². The minimum atomic E-state index is -0.551. The summed E-state index contributed by atoms with van der Waals surface area (Å²) in [6.45, 7) is 0. The van der Waals surface area contributed by atoms with Gasteiger partial charge >= 0.3 is 0 Å². The molecule has 0 amide bonds. The van der Waals surface area contributed by atoms with E-state index in [0.29, 0.717) is 23.2 Å². The molecule has 0 bridgehead atoms. The van der Waals surface area contributed by atoms with E-state index in [1.165, 1.54) is 12.8 Å². The molecule has 1 aromatic heterocycles. The lowest BCUT2D eigenvalue weighted by Gasteiger charge is -2.30. The third-order valence-corrected chi connectivity index (χ3v) is 4.24. The Morgan fingerprint density at radius 1 is 1.35 bits per heavy atom. The Hall–Kier alpha value is -1.52. The number of benzene rings is 1. The summed E-state index contributed by atoms with van der Waals surface area (Å²) in [5, 5.41) is 11.0. The van der Waals surface area contributed by atoms with Crippen LogP contribution < -0.4 is 4.74 Å². The fraction of sp³-hybridized carbons (Fsp3) is 0.400. The van der Waals surface area contributed by atoms with Crippen LogP contribution in [0.4, 0.5) is 0 Å². The van der Waals surface area contributed by atoms with Gasteiger partial charge in [-0.25, -0.2) is 4.98 Å². The summed E-state index contributed by atoms with van der Waals surface area (Å²) in [7, 11) is 0. The van der Waals surface area contributed by atoms with Crippen molar-refractivity contribution in [1.82, 2.24) is 9.55 Å².